The molecular weight excluding hydrogens is 377 g/mol. The second-order valence-electron chi connectivity index (χ2n) is 6.08. The lowest BCUT2D eigenvalue weighted by Gasteiger charge is -2.16. The maximum Gasteiger partial charge on any atom is 0.173 e. The van der Waals surface area contributed by atoms with E-state index in [9.17, 15) is 18.4 Å². The SMILES string of the molecule is N#Cc1nnc(-c2c(F)cc(F)cc2F)c(-c2ccccc2)c1-c1ccccn1. The average molecular weight is 388 g/mol. The minimum Gasteiger partial charge on any atom is -0.256 e. The predicted octanol–water partition coefficient (Wildman–Crippen LogP) is 5.16. The molecule has 0 spiro atoms. The van der Waals surface area contributed by atoms with Crippen molar-refractivity contribution in [2.24, 2.45) is 0 Å². The van der Waals surface area contributed by atoms with Gasteiger partial charge in [0.05, 0.1) is 11.3 Å². The van der Waals surface area contributed by atoms with E-state index in [-0.39, 0.29) is 22.5 Å². The smallest absolute Gasteiger partial charge is 0.173 e. The first-order chi connectivity index (χ1) is 14.1. The first-order valence-corrected chi connectivity index (χ1v) is 8.52. The molecule has 0 N–H and O–H groups in total. The van der Waals surface area contributed by atoms with Crippen molar-refractivity contribution in [1.29, 1.82) is 5.26 Å². The van der Waals surface area contributed by atoms with Crippen LogP contribution in [0.25, 0.3) is 33.6 Å². The Morgan fingerprint density at radius 2 is 1.45 bits per heavy atom. The van der Waals surface area contributed by atoms with Gasteiger partial charge in [-0.3, -0.25) is 4.98 Å². The molecule has 0 aliphatic heterocycles. The van der Waals surface area contributed by atoms with Gasteiger partial charge in [-0.1, -0.05) is 36.4 Å². The molecule has 0 amide bonds. The van der Waals surface area contributed by atoms with Gasteiger partial charge in [-0.05, 0) is 17.7 Å². The Hall–Kier alpha value is -4.05. The van der Waals surface area contributed by atoms with E-state index in [4.69, 9.17) is 0 Å². The van der Waals surface area contributed by atoms with Gasteiger partial charge < -0.3 is 0 Å². The van der Waals surface area contributed by atoms with Gasteiger partial charge in [0.15, 0.2) is 5.69 Å². The zero-order valence-corrected chi connectivity index (χ0v) is 14.8. The van der Waals surface area contributed by atoms with Crippen molar-refractivity contribution in [2.45, 2.75) is 0 Å². The zero-order valence-electron chi connectivity index (χ0n) is 14.8. The van der Waals surface area contributed by atoms with Gasteiger partial charge in [-0.25, -0.2) is 13.2 Å². The van der Waals surface area contributed by atoms with Crippen molar-refractivity contribution in [3.05, 3.63) is 90.0 Å². The van der Waals surface area contributed by atoms with Crippen molar-refractivity contribution in [2.75, 3.05) is 0 Å². The third-order valence-corrected chi connectivity index (χ3v) is 4.31. The van der Waals surface area contributed by atoms with Gasteiger partial charge in [0.25, 0.3) is 0 Å². The van der Waals surface area contributed by atoms with Crippen LogP contribution in [0.5, 0.6) is 0 Å². The van der Waals surface area contributed by atoms with Crippen LogP contribution in [0.4, 0.5) is 13.2 Å². The number of benzene rings is 2. The van der Waals surface area contributed by atoms with Gasteiger partial charge in [0, 0.05) is 29.5 Å². The van der Waals surface area contributed by atoms with Crippen molar-refractivity contribution < 1.29 is 13.2 Å². The number of hydrogen-bond acceptors (Lipinski definition) is 4. The number of nitrogens with zero attached hydrogens (tertiary/aromatic N) is 4. The highest BCUT2D eigenvalue weighted by Crippen LogP contribution is 2.40. The summed E-state index contributed by atoms with van der Waals surface area (Å²) in [5.41, 5.74) is 0.784. The molecule has 0 bridgehead atoms. The molecular formula is C22H11F3N4. The summed E-state index contributed by atoms with van der Waals surface area (Å²) in [6.45, 7) is 0. The molecule has 4 nitrogen and oxygen atoms in total. The fourth-order valence-corrected chi connectivity index (χ4v) is 3.10. The van der Waals surface area contributed by atoms with E-state index >= 15 is 0 Å². The van der Waals surface area contributed by atoms with Crippen LogP contribution in [0.2, 0.25) is 0 Å². The lowest BCUT2D eigenvalue weighted by molar-refractivity contribution is 0.547. The Bertz CT molecular complexity index is 1210. The summed E-state index contributed by atoms with van der Waals surface area (Å²) >= 11 is 0. The third-order valence-electron chi connectivity index (χ3n) is 4.31. The summed E-state index contributed by atoms with van der Waals surface area (Å²) in [7, 11) is 0. The highest BCUT2D eigenvalue weighted by molar-refractivity contribution is 5.93. The molecule has 0 fully saturated rings. The second kappa shape index (κ2) is 7.52. The van der Waals surface area contributed by atoms with Crippen LogP contribution in [0.3, 0.4) is 0 Å². The van der Waals surface area contributed by atoms with Crippen LogP contribution in [0, 0.1) is 28.8 Å². The van der Waals surface area contributed by atoms with Crippen LogP contribution in [0.1, 0.15) is 5.69 Å². The fourth-order valence-electron chi connectivity index (χ4n) is 3.10. The normalized spacial score (nSPS) is 10.6. The lowest BCUT2D eigenvalue weighted by atomic mass is 9.92. The minimum absolute atomic E-state index is 0.0470. The minimum atomic E-state index is -1.12. The maximum absolute atomic E-state index is 14.6. The number of pyridine rings is 1. The zero-order chi connectivity index (χ0) is 20.4. The monoisotopic (exact) mass is 388 g/mol. The number of rotatable bonds is 3. The first kappa shape index (κ1) is 18.3. The van der Waals surface area contributed by atoms with Gasteiger partial charge in [-0.2, -0.15) is 5.26 Å². The molecule has 0 atom stereocenters. The molecule has 0 aliphatic carbocycles. The molecule has 2 heterocycles. The largest absolute Gasteiger partial charge is 0.256 e. The summed E-state index contributed by atoms with van der Waals surface area (Å²) in [6.07, 6.45) is 1.53. The summed E-state index contributed by atoms with van der Waals surface area (Å²) in [6, 6.07) is 16.9. The Kier molecular flexibility index (Phi) is 4.75. The molecule has 0 unspecified atom stereocenters. The molecule has 29 heavy (non-hydrogen) atoms. The van der Waals surface area contributed by atoms with E-state index in [0.717, 1.165) is 0 Å². The first-order valence-electron chi connectivity index (χ1n) is 8.52. The molecule has 0 aliphatic rings. The molecule has 4 aromatic rings. The van der Waals surface area contributed by atoms with E-state index in [1.165, 1.54) is 6.20 Å². The molecule has 140 valence electrons. The molecule has 2 aromatic carbocycles. The number of halogens is 3. The summed E-state index contributed by atoms with van der Waals surface area (Å²) in [4.78, 5) is 4.27. The van der Waals surface area contributed by atoms with Gasteiger partial charge in [0.2, 0.25) is 0 Å². The molecule has 0 saturated carbocycles. The van der Waals surface area contributed by atoms with Crippen molar-refractivity contribution in [3.8, 4) is 39.7 Å². The average Bonchev–Trinajstić information content (AvgIpc) is 2.74. The van der Waals surface area contributed by atoms with E-state index < -0.39 is 23.0 Å². The van der Waals surface area contributed by atoms with Crippen LogP contribution >= 0.6 is 0 Å². The molecule has 2 aromatic heterocycles. The Labute approximate surface area is 163 Å². The van der Waals surface area contributed by atoms with Gasteiger partial charge in [-0.15, -0.1) is 10.2 Å². The molecule has 0 saturated heterocycles. The summed E-state index contributed by atoms with van der Waals surface area (Å²) < 4.78 is 42.6. The van der Waals surface area contributed by atoms with E-state index in [0.29, 0.717) is 23.4 Å². The van der Waals surface area contributed by atoms with Gasteiger partial charge in [0.1, 0.15) is 29.2 Å². The Morgan fingerprint density at radius 3 is 2.07 bits per heavy atom. The van der Waals surface area contributed by atoms with E-state index in [1.807, 2.05) is 6.07 Å². The quantitative estimate of drug-likeness (QED) is 0.486. The molecule has 0 radical (unpaired) electrons. The summed E-state index contributed by atoms with van der Waals surface area (Å²) in [5, 5.41) is 17.4. The van der Waals surface area contributed by atoms with E-state index in [1.54, 1.807) is 48.5 Å². The lowest BCUT2D eigenvalue weighted by Crippen LogP contribution is -2.04. The van der Waals surface area contributed by atoms with Crippen LogP contribution in [-0.2, 0) is 0 Å². The molecule has 4 rings (SSSR count). The highest BCUT2D eigenvalue weighted by Gasteiger charge is 2.25. The van der Waals surface area contributed by atoms with E-state index in [2.05, 4.69) is 15.2 Å². The third kappa shape index (κ3) is 3.32. The number of aromatic nitrogens is 3. The van der Waals surface area contributed by atoms with Crippen LogP contribution in [0.15, 0.2) is 66.9 Å². The van der Waals surface area contributed by atoms with Crippen LogP contribution in [-0.4, -0.2) is 15.2 Å². The van der Waals surface area contributed by atoms with Crippen molar-refractivity contribution in [1.82, 2.24) is 15.2 Å². The summed E-state index contributed by atoms with van der Waals surface area (Å²) in [5.74, 6) is -3.28. The Morgan fingerprint density at radius 1 is 0.759 bits per heavy atom. The number of nitriles is 1. The fraction of sp³-hybridized carbons (Fsp3) is 0. The standard InChI is InChI=1S/C22H11F3N4/c23-14-10-15(24)20(16(25)11-14)22-19(13-6-2-1-3-7-13)21(18(12-26)28-29-22)17-8-4-5-9-27-17/h1-11H. The number of hydrogen-bond donors (Lipinski definition) is 0. The molecule has 7 heteroatoms. The maximum atomic E-state index is 14.6. The van der Waals surface area contributed by atoms with Crippen molar-refractivity contribution >= 4 is 0 Å². The predicted molar refractivity (Wildman–Crippen MR) is 101 cm³/mol. The van der Waals surface area contributed by atoms with Crippen LogP contribution < -0.4 is 0 Å². The Balaban J connectivity index is 2.16. The van der Waals surface area contributed by atoms with Gasteiger partial charge >= 0.3 is 0 Å². The van der Waals surface area contributed by atoms with Crippen molar-refractivity contribution in [3.63, 3.8) is 0 Å². The second-order valence-corrected chi connectivity index (χ2v) is 6.08. The highest BCUT2D eigenvalue weighted by atomic mass is 19.1. The topological polar surface area (TPSA) is 62.5 Å².